The summed E-state index contributed by atoms with van der Waals surface area (Å²) < 4.78 is 10.5. The third kappa shape index (κ3) is 4.26. The summed E-state index contributed by atoms with van der Waals surface area (Å²) in [5.41, 5.74) is -0.0130. The Bertz CT molecular complexity index is 921. The zero-order chi connectivity index (χ0) is 25.5. The van der Waals surface area contributed by atoms with Gasteiger partial charge in [0.25, 0.3) is 0 Å². The van der Waals surface area contributed by atoms with Gasteiger partial charge in [0.2, 0.25) is 12.1 Å². The first kappa shape index (κ1) is 26.0. The molecule has 192 valence electrons. The summed E-state index contributed by atoms with van der Waals surface area (Å²) in [5, 5.41) is 0. The first-order chi connectivity index (χ1) is 16.6. The van der Waals surface area contributed by atoms with Crippen LogP contribution in [0.15, 0.2) is 0 Å². The minimum atomic E-state index is -0.214. The van der Waals surface area contributed by atoms with Crippen molar-refractivity contribution >= 4 is 11.9 Å². The molecule has 4 saturated carbocycles. The lowest BCUT2D eigenvalue weighted by Crippen LogP contribution is -2.61. The van der Waals surface area contributed by atoms with Crippen molar-refractivity contribution < 1.29 is 19.1 Å². The van der Waals surface area contributed by atoms with E-state index in [1.54, 1.807) is 0 Å². The van der Waals surface area contributed by atoms with Crippen molar-refractivity contribution in [3.8, 4) is 0 Å². The van der Waals surface area contributed by atoms with E-state index in [0.29, 0.717) is 41.9 Å². The van der Waals surface area contributed by atoms with Crippen LogP contribution in [0.1, 0.15) is 85.5 Å². The number of esters is 2. The van der Waals surface area contributed by atoms with Gasteiger partial charge in [-0.05, 0) is 73.5 Å². The Morgan fingerprint density at radius 3 is 2.43 bits per heavy atom. The van der Waals surface area contributed by atoms with Crippen molar-refractivity contribution in [3.63, 3.8) is 0 Å². The molecule has 4 rings (SSSR count). The molecule has 0 aromatic carbocycles. The number of rotatable bonds is 5. The number of ether oxygens (including phenoxy) is 2. The normalized spacial score (nSPS) is 45.0. The van der Waals surface area contributed by atoms with Gasteiger partial charge in [-0.3, -0.25) is 9.59 Å². The lowest BCUT2D eigenvalue weighted by atomic mass is 9.42. The van der Waals surface area contributed by atoms with Crippen molar-refractivity contribution in [3.05, 3.63) is 22.8 Å². The quantitative estimate of drug-likeness (QED) is 0.358. The monoisotopic (exact) mass is 482 g/mol. The molecule has 4 aliphatic rings. The SMILES string of the molecule is [C-]#[N+][C@H]1C[C@H]2[C@@H]([C@H]([N+]#[C-])C[C@@H]3C[C@H](OC(C)=O)CC[C@@]32C)[C@@H]2CC[C@H]([C@H](C)CCC(=O)OC)[C@@]12C. The van der Waals surface area contributed by atoms with Crippen molar-refractivity contribution in [2.24, 2.45) is 46.3 Å². The molecule has 11 atom stereocenters. The summed E-state index contributed by atoms with van der Waals surface area (Å²) in [6.07, 6.45) is 7.85. The fourth-order valence-electron chi connectivity index (χ4n) is 9.44. The summed E-state index contributed by atoms with van der Waals surface area (Å²) in [6.45, 7) is 24.9. The third-order valence-corrected chi connectivity index (χ3v) is 11.2. The van der Waals surface area contributed by atoms with E-state index in [0.717, 1.165) is 51.4 Å². The van der Waals surface area contributed by atoms with Crippen LogP contribution in [-0.2, 0) is 19.1 Å². The Balaban J connectivity index is 1.62. The molecule has 6 nitrogen and oxygen atoms in total. The first-order valence-corrected chi connectivity index (χ1v) is 13.6. The predicted molar refractivity (Wildman–Crippen MR) is 133 cm³/mol. The summed E-state index contributed by atoms with van der Waals surface area (Å²) >= 11 is 0. The van der Waals surface area contributed by atoms with Gasteiger partial charge in [0.05, 0.1) is 7.11 Å². The third-order valence-electron chi connectivity index (χ3n) is 11.2. The van der Waals surface area contributed by atoms with Crippen molar-refractivity contribution in [2.45, 2.75) is 104 Å². The van der Waals surface area contributed by atoms with Gasteiger partial charge in [-0.1, -0.05) is 20.8 Å². The van der Waals surface area contributed by atoms with Crippen LogP contribution in [0, 0.1) is 59.5 Å². The molecule has 0 amide bonds. The summed E-state index contributed by atoms with van der Waals surface area (Å²) in [5.74, 6) is 1.83. The smallest absolute Gasteiger partial charge is 0.305 e. The first-order valence-electron chi connectivity index (χ1n) is 13.6. The molecule has 0 aliphatic heterocycles. The molecular formula is C29H42N2O4. The van der Waals surface area contributed by atoms with Crippen LogP contribution in [0.2, 0.25) is 0 Å². The van der Waals surface area contributed by atoms with Crippen LogP contribution in [0.25, 0.3) is 9.69 Å². The molecule has 0 aromatic heterocycles. The molecule has 35 heavy (non-hydrogen) atoms. The highest BCUT2D eigenvalue weighted by molar-refractivity contribution is 5.69. The minimum Gasteiger partial charge on any atom is -0.469 e. The van der Waals surface area contributed by atoms with E-state index in [9.17, 15) is 9.59 Å². The number of hydrogen-bond acceptors (Lipinski definition) is 4. The molecule has 0 spiro atoms. The number of carbonyl (C=O) groups excluding carboxylic acids is 2. The number of carbonyl (C=O) groups is 2. The van der Waals surface area contributed by atoms with E-state index < -0.39 is 0 Å². The van der Waals surface area contributed by atoms with Crippen molar-refractivity contribution in [2.75, 3.05) is 7.11 Å². The standard InChI is InChI=1S/C29H42N2O4/c1-17(8-11-26(33)34-7)21-9-10-22-27-23(16-25(31-6)29(21,22)4)28(3)13-12-20(35-18(2)32)14-19(28)15-24(27)30-5/h17,19-25,27H,8-16H2,1-4,7H3/t17-,19+,20-,21-,22+,23+,24-,25+,27+,28+,29-/m1/s1. The van der Waals surface area contributed by atoms with Gasteiger partial charge < -0.3 is 19.2 Å². The molecule has 0 bridgehead atoms. The van der Waals surface area contributed by atoms with E-state index in [4.69, 9.17) is 22.6 Å². The molecule has 4 aliphatic carbocycles. The molecule has 0 heterocycles. The Morgan fingerprint density at radius 1 is 1.06 bits per heavy atom. The molecular weight excluding hydrogens is 440 g/mol. The van der Waals surface area contributed by atoms with Crippen LogP contribution in [0.3, 0.4) is 0 Å². The van der Waals surface area contributed by atoms with Gasteiger partial charge >= 0.3 is 11.9 Å². The maximum atomic E-state index is 11.8. The summed E-state index contributed by atoms with van der Waals surface area (Å²) in [6, 6.07) is -0.0655. The van der Waals surface area contributed by atoms with Gasteiger partial charge in [-0.15, -0.1) is 0 Å². The topological polar surface area (TPSA) is 61.3 Å². The average Bonchev–Trinajstić information content (AvgIpc) is 3.19. The van der Waals surface area contributed by atoms with E-state index >= 15 is 0 Å². The van der Waals surface area contributed by atoms with Crippen LogP contribution in [-0.4, -0.2) is 37.2 Å². The average molecular weight is 483 g/mol. The highest BCUT2D eigenvalue weighted by Gasteiger charge is 2.70. The molecule has 6 heteroatoms. The number of nitrogens with zero attached hydrogens (tertiary/aromatic N) is 2. The molecule has 4 fully saturated rings. The Morgan fingerprint density at radius 2 is 1.80 bits per heavy atom. The van der Waals surface area contributed by atoms with Crippen LogP contribution >= 0.6 is 0 Å². The zero-order valence-corrected chi connectivity index (χ0v) is 22.1. The van der Waals surface area contributed by atoms with Crippen LogP contribution in [0.4, 0.5) is 0 Å². The highest BCUT2D eigenvalue weighted by atomic mass is 16.5. The molecule has 0 N–H and O–H groups in total. The highest BCUT2D eigenvalue weighted by Crippen LogP contribution is 2.69. The van der Waals surface area contributed by atoms with E-state index in [2.05, 4.69) is 30.5 Å². The Hall–Kier alpha value is -2.08. The zero-order valence-electron chi connectivity index (χ0n) is 22.1. The van der Waals surface area contributed by atoms with E-state index in [1.165, 1.54) is 14.0 Å². The fourth-order valence-corrected chi connectivity index (χ4v) is 9.44. The maximum Gasteiger partial charge on any atom is 0.305 e. The summed E-state index contributed by atoms with van der Waals surface area (Å²) in [4.78, 5) is 31.9. The van der Waals surface area contributed by atoms with Gasteiger partial charge in [0.1, 0.15) is 6.10 Å². The van der Waals surface area contributed by atoms with Gasteiger partial charge in [-0.25, -0.2) is 13.1 Å². The lowest BCUT2D eigenvalue weighted by molar-refractivity contribution is -0.161. The second-order valence-corrected chi connectivity index (χ2v) is 12.5. The molecule has 0 radical (unpaired) electrons. The van der Waals surface area contributed by atoms with Gasteiger partial charge in [-0.2, -0.15) is 0 Å². The minimum absolute atomic E-state index is 0.0192. The largest absolute Gasteiger partial charge is 0.469 e. The van der Waals surface area contributed by atoms with Crippen molar-refractivity contribution in [1.82, 2.24) is 0 Å². The molecule has 0 saturated heterocycles. The van der Waals surface area contributed by atoms with Crippen LogP contribution < -0.4 is 0 Å². The van der Waals surface area contributed by atoms with Crippen LogP contribution in [0.5, 0.6) is 0 Å². The summed E-state index contributed by atoms with van der Waals surface area (Å²) in [7, 11) is 1.44. The molecule has 0 unspecified atom stereocenters. The van der Waals surface area contributed by atoms with Gasteiger partial charge in [0.15, 0.2) is 0 Å². The number of methoxy groups -OCH3 is 1. The second kappa shape index (κ2) is 9.76. The Kier molecular flexibility index (Phi) is 7.25. The second-order valence-electron chi connectivity index (χ2n) is 12.5. The number of fused-ring (bicyclic) bond motifs is 5. The fraction of sp³-hybridized carbons (Fsp3) is 0.862. The van der Waals surface area contributed by atoms with E-state index in [-0.39, 0.29) is 41.0 Å². The van der Waals surface area contributed by atoms with E-state index in [1.807, 2.05) is 0 Å². The van der Waals surface area contributed by atoms with Gasteiger partial charge in [0, 0.05) is 37.5 Å². The lowest BCUT2D eigenvalue weighted by Gasteiger charge is -2.60. The number of hydrogen-bond donors (Lipinski definition) is 0. The maximum absolute atomic E-state index is 11.8. The predicted octanol–water partition coefficient (Wildman–Crippen LogP) is 5.96. The molecule has 0 aromatic rings. The van der Waals surface area contributed by atoms with Crippen molar-refractivity contribution in [1.29, 1.82) is 0 Å². The Labute approximate surface area is 211 Å².